The first kappa shape index (κ1) is 8.06. The molecule has 1 nitrogen and oxygen atoms in total. The fourth-order valence-corrected chi connectivity index (χ4v) is 1.58. The molecule has 1 heteroatoms. The summed E-state index contributed by atoms with van der Waals surface area (Å²) in [6.45, 7) is 4.33. The number of hydrogen-bond acceptors (Lipinski definition) is 1. The van der Waals surface area contributed by atoms with Crippen molar-refractivity contribution < 1.29 is 4.74 Å². The highest BCUT2D eigenvalue weighted by Gasteiger charge is 2.10. The zero-order chi connectivity index (χ0) is 7.23. The molecular formula is C9H17O. The fourth-order valence-electron chi connectivity index (χ4n) is 1.58. The average Bonchev–Trinajstić information content (AvgIpc) is 2.17. The van der Waals surface area contributed by atoms with Gasteiger partial charge < -0.3 is 4.74 Å². The zero-order valence-corrected chi connectivity index (χ0v) is 6.64. The molecule has 0 spiro atoms. The number of ether oxygens (including phenoxy) is 1. The van der Waals surface area contributed by atoms with Gasteiger partial charge >= 0.3 is 0 Å². The molecule has 0 unspecified atom stereocenters. The largest absolute Gasteiger partial charge is 0.378 e. The van der Waals surface area contributed by atoms with Crippen LogP contribution in [-0.2, 0) is 4.74 Å². The van der Waals surface area contributed by atoms with Gasteiger partial charge in [-0.2, -0.15) is 0 Å². The lowest BCUT2D eigenvalue weighted by Gasteiger charge is -2.12. The first-order chi connectivity index (χ1) is 4.93. The Morgan fingerprint density at radius 1 is 1.10 bits per heavy atom. The van der Waals surface area contributed by atoms with Crippen LogP contribution in [0.5, 0.6) is 0 Å². The van der Waals surface area contributed by atoms with Crippen molar-refractivity contribution in [2.45, 2.75) is 44.6 Å². The molecule has 0 N–H and O–H groups in total. The van der Waals surface area contributed by atoms with E-state index in [1.807, 2.05) is 0 Å². The molecule has 59 valence electrons. The summed E-state index contributed by atoms with van der Waals surface area (Å²) in [7, 11) is 0. The molecule has 0 atom stereocenters. The van der Waals surface area contributed by atoms with Crippen LogP contribution in [0.1, 0.15) is 38.5 Å². The van der Waals surface area contributed by atoms with Crippen LogP contribution < -0.4 is 0 Å². The third kappa shape index (κ3) is 2.70. The van der Waals surface area contributed by atoms with Crippen molar-refractivity contribution in [1.82, 2.24) is 0 Å². The molecule has 1 rings (SSSR count). The van der Waals surface area contributed by atoms with Crippen LogP contribution in [0.4, 0.5) is 0 Å². The number of hydrogen-bond donors (Lipinski definition) is 0. The van der Waals surface area contributed by atoms with Crippen LogP contribution in [-0.4, -0.2) is 12.7 Å². The van der Waals surface area contributed by atoms with Gasteiger partial charge in [0.2, 0.25) is 0 Å². The minimum atomic E-state index is 0.528. The molecule has 10 heavy (non-hydrogen) atoms. The Morgan fingerprint density at radius 2 is 1.70 bits per heavy atom. The summed E-state index contributed by atoms with van der Waals surface area (Å²) in [4.78, 5) is 0. The van der Waals surface area contributed by atoms with E-state index in [-0.39, 0.29) is 0 Å². The van der Waals surface area contributed by atoms with Gasteiger partial charge in [-0.15, -0.1) is 0 Å². The van der Waals surface area contributed by atoms with Crippen molar-refractivity contribution >= 4 is 0 Å². The van der Waals surface area contributed by atoms with Crippen LogP contribution in [0.25, 0.3) is 0 Å². The highest BCUT2D eigenvalue weighted by atomic mass is 16.5. The molecule has 0 bridgehead atoms. The van der Waals surface area contributed by atoms with Gasteiger partial charge in [-0.05, 0) is 19.8 Å². The van der Waals surface area contributed by atoms with Gasteiger partial charge in [0, 0.05) is 6.61 Å². The third-order valence-electron chi connectivity index (χ3n) is 2.16. The van der Waals surface area contributed by atoms with Crippen LogP contribution in [0.15, 0.2) is 0 Å². The molecule has 1 aliphatic carbocycles. The quantitative estimate of drug-likeness (QED) is 0.537. The van der Waals surface area contributed by atoms with E-state index in [9.17, 15) is 0 Å². The summed E-state index contributed by atoms with van der Waals surface area (Å²) in [6, 6.07) is 0. The van der Waals surface area contributed by atoms with Gasteiger partial charge in [0.15, 0.2) is 0 Å². The highest BCUT2D eigenvalue weighted by molar-refractivity contribution is 4.63. The smallest absolute Gasteiger partial charge is 0.0575 e. The van der Waals surface area contributed by atoms with Gasteiger partial charge in [0.1, 0.15) is 0 Å². The lowest BCUT2D eigenvalue weighted by molar-refractivity contribution is 0.0621. The van der Waals surface area contributed by atoms with Crippen molar-refractivity contribution in [2.24, 2.45) is 0 Å². The highest BCUT2D eigenvalue weighted by Crippen LogP contribution is 2.19. The summed E-state index contributed by atoms with van der Waals surface area (Å²) < 4.78 is 5.45. The van der Waals surface area contributed by atoms with E-state index in [0.717, 1.165) is 0 Å². The van der Waals surface area contributed by atoms with E-state index >= 15 is 0 Å². The van der Waals surface area contributed by atoms with Crippen molar-refractivity contribution in [2.75, 3.05) is 6.61 Å². The Hall–Kier alpha value is -0.0400. The van der Waals surface area contributed by atoms with E-state index in [4.69, 9.17) is 4.74 Å². The van der Waals surface area contributed by atoms with E-state index in [1.54, 1.807) is 0 Å². The Balaban J connectivity index is 2.15. The van der Waals surface area contributed by atoms with E-state index in [0.29, 0.717) is 12.7 Å². The maximum Gasteiger partial charge on any atom is 0.0575 e. The van der Waals surface area contributed by atoms with Gasteiger partial charge in [0.05, 0.1) is 6.10 Å². The van der Waals surface area contributed by atoms with Gasteiger partial charge in [-0.1, -0.05) is 25.7 Å². The summed E-state index contributed by atoms with van der Waals surface area (Å²) in [5.41, 5.74) is 0. The molecule has 1 saturated carbocycles. The molecule has 0 aliphatic heterocycles. The maximum absolute atomic E-state index is 5.45. The summed E-state index contributed by atoms with van der Waals surface area (Å²) in [5.74, 6) is 0. The first-order valence-electron chi connectivity index (χ1n) is 4.34. The fraction of sp³-hybridized carbons (Fsp3) is 0.889. The molecule has 0 heterocycles. The topological polar surface area (TPSA) is 9.23 Å². The standard InChI is InChI=1S/C9H17O/c1-2-10-9-7-5-3-4-6-8-9/h9H,1-8H2. The Kier molecular flexibility index (Phi) is 3.81. The minimum Gasteiger partial charge on any atom is -0.378 e. The molecule has 1 fully saturated rings. The Bertz CT molecular complexity index is 72.8. The summed E-state index contributed by atoms with van der Waals surface area (Å²) >= 11 is 0. The minimum absolute atomic E-state index is 0.528. The maximum atomic E-state index is 5.45. The SMILES string of the molecule is [CH2]COC1CCCCCC1. The zero-order valence-electron chi connectivity index (χ0n) is 6.64. The van der Waals surface area contributed by atoms with Crippen molar-refractivity contribution in [3.8, 4) is 0 Å². The Morgan fingerprint density at radius 3 is 2.20 bits per heavy atom. The molecular weight excluding hydrogens is 124 g/mol. The summed E-state index contributed by atoms with van der Waals surface area (Å²) in [6.07, 6.45) is 8.55. The lowest BCUT2D eigenvalue weighted by atomic mass is 10.2. The van der Waals surface area contributed by atoms with Crippen molar-refractivity contribution in [1.29, 1.82) is 0 Å². The van der Waals surface area contributed by atoms with Gasteiger partial charge in [-0.3, -0.25) is 0 Å². The van der Waals surface area contributed by atoms with Crippen LogP contribution in [0.2, 0.25) is 0 Å². The van der Waals surface area contributed by atoms with Crippen molar-refractivity contribution in [3.63, 3.8) is 0 Å². The molecule has 0 aromatic rings. The Labute approximate surface area is 63.8 Å². The molecule has 1 radical (unpaired) electrons. The molecule has 0 aromatic carbocycles. The third-order valence-corrected chi connectivity index (χ3v) is 2.16. The lowest BCUT2D eigenvalue weighted by Crippen LogP contribution is -2.10. The molecule has 0 aromatic heterocycles. The van der Waals surface area contributed by atoms with E-state index in [1.165, 1.54) is 38.5 Å². The molecule has 0 saturated heterocycles. The predicted octanol–water partition coefficient (Wildman–Crippen LogP) is 2.56. The number of rotatable bonds is 2. The molecule has 0 amide bonds. The second-order valence-corrected chi connectivity index (χ2v) is 2.98. The van der Waals surface area contributed by atoms with Crippen molar-refractivity contribution in [3.05, 3.63) is 6.92 Å². The van der Waals surface area contributed by atoms with Gasteiger partial charge in [0.25, 0.3) is 0 Å². The van der Waals surface area contributed by atoms with Crippen LogP contribution in [0.3, 0.4) is 0 Å². The molecule has 1 aliphatic rings. The first-order valence-corrected chi connectivity index (χ1v) is 4.34. The van der Waals surface area contributed by atoms with E-state index < -0.39 is 0 Å². The average molecular weight is 141 g/mol. The normalized spacial score (nSPS) is 22.5. The van der Waals surface area contributed by atoms with Crippen LogP contribution >= 0.6 is 0 Å². The van der Waals surface area contributed by atoms with Gasteiger partial charge in [-0.25, -0.2) is 0 Å². The van der Waals surface area contributed by atoms with E-state index in [2.05, 4.69) is 6.92 Å². The second-order valence-electron chi connectivity index (χ2n) is 2.98. The monoisotopic (exact) mass is 141 g/mol. The second kappa shape index (κ2) is 4.73. The summed E-state index contributed by atoms with van der Waals surface area (Å²) in [5, 5.41) is 0. The van der Waals surface area contributed by atoms with Crippen LogP contribution in [0, 0.1) is 6.92 Å². The predicted molar refractivity (Wildman–Crippen MR) is 42.8 cm³/mol.